The average molecular weight is 519 g/mol. The second-order valence-corrected chi connectivity index (χ2v) is 9.65. The standard InChI is InChI=1S/C33H30N2O4/c1-2-6-27-19-26-18-25(32(37)34-20-23-7-5-8-28(36)17-23)15-16-31(26)35(27)21-22-11-13-24(14-12-22)29-9-3-4-10-30(29)33(38)39/h3-5,7-19,36H,2,6,20-21H2,1H3,(H,34,37)(H,38,39). The molecule has 0 aliphatic heterocycles. The van der Waals surface area contributed by atoms with E-state index in [1.165, 1.54) is 5.69 Å². The van der Waals surface area contributed by atoms with Gasteiger partial charge in [-0.05, 0) is 71.1 Å². The van der Waals surface area contributed by atoms with E-state index < -0.39 is 5.97 Å². The summed E-state index contributed by atoms with van der Waals surface area (Å²) in [5, 5.41) is 23.1. The largest absolute Gasteiger partial charge is 0.508 e. The number of phenolic OH excluding ortho intramolecular Hbond substituents is 1. The Bertz CT molecular complexity index is 1650. The Morgan fingerprint density at radius 3 is 2.38 bits per heavy atom. The smallest absolute Gasteiger partial charge is 0.336 e. The lowest BCUT2D eigenvalue weighted by Gasteiger charge is -2.12. The van der Waals surface area contributed by atoms with Crippen molar-refractivity contribution in [3.63, 3.8) is 0 Å². The first-order valence-electron chi connectivity index (χ1n) is 13.0. The average Bonchev–Trinajstić information content (AvgIpc) is 3.28. The molecule has 1 amide bonds. The van der Waals surface area contributed by atoms with Crippen molar-refractivity contribution in [1.82, 2.24) is 9.88 Å². The maximum atomic E-state index is 12.9. The number of nitrogens with zero attached hydrogens (tertiary/aromatic N) is 1. The van der Waals surface area contributed by atoms with Crippen molar-refractivity contribution in [2.24, 2.45) is 0 Å². The molecule has 5 rings (SSSR count). The molecule has 0 saturated carbocycles. The van der Waals surface area contributed by atoms with E-state index in [-0.39, 0.29) is 17.2 Å². The predicted molar refractivity (Wildman–Crippen MR) is 153 cm³/mol. The fraction of sp³-hybridized carbons (Fsp3) is 0.152. The first kappa shape index (κ1) is 25.8. The van der Waals surface area contributed by atoms with E-state index >= 15 is 0 Å². The summed E-state index contributed by atoms with van der Waals surface area (Å²) in [4.78, 5) is 24.5. The van der Waals surface area contributed by atoms with Gasteiger partial charge < -0.3 is 20.1 Å². The van der Waals surface area contributed by atoms with Crippen molar-refractivity contribution < 1.29 is 19.8 Å². The van der Waals surface area contributed by atoms with Crippen molar-refractivity contribution in [3.05, 3.63) is 125 Å². The van der Waals surface area contributed by atoms with Crippen molar-refractivity contribution in [2.45, 2.75) is 32.9 Å². The van der Waals surface area contributed by atoms with Crippen LogP contribution in [0.25, 0.3) is 22.0 Å². The molecule has 1 aromatic heterocycles. The summed E-state index contributed by atoms with van der Waals surface area (Å²) in [6.45, 7) is 3.15. The fourth-order valence-electron chi connectivity index (χ4n) is 4.96. The summed E-state index contributed by atoms with van der Waals surface area (Å²) in [5.41, 5.74) is 6.63. The number of rotatable bonds is 9. The minimum absolute atomic E-state index is 0.165. The van der Waals surface area contributed by atoms with Gasteiger partial charge in [0, 0.05) is 35.2 Å². The topological polar surface area (TPSA) is 91.6 Å². The molecule has 0 radical (unpaired) electrons. The maximum absolute atomic E-state index is 12.9. The van der Waals surface area contributed by atoms with Gasteiger partial charge in [-0.25, -0.2) is 4.79 Å². The van der Waals surface area contributed by atoms with E-state index in [0.717, 1.165) is 40.4 Å². The molecule has 0 fully saturated rings. The molecule has 39 heavy (non-hydrogen) atoms. The fourth-order valence-corrected chi connectivity index (χ4v) is 4.96. The van der Waals surface area contributed by atoms with Crippen LogP contribution in [0.15, 0.2) is 97.1 Å². The summed E-state index contributed by atoms with van der Waals surface area (Å²) in [7, 11) is 0. The molecule has 6 heteroatoms. The number of carbonyl (C=O) groups excluding carboxylic acids is 1. The Kier molecular flexibility index (Phi) is 7.46. The molecule has 6 nitrogen and oxygen atoms in total. The van der Waals surface area contributed by atoms with Crippen LogP contribution in [-0.4, -0.2) is 26.7 Å². The van der Waals surface area contributed by atoms with Crippen molar-refractivity contribution >= 4 is 22.8 Å². The number of nitrogens with one attached hydrogen (secondary N) is 1. The number of aryl methyl sites for hydroxylation is 1. The van der Waals surface area contributed by atoms with Gasteiger partial charge in [0.05, 0.1) is 5.56 Å². The number of amides is 1. The van der Waals surface area contributed by atoms with E-state index in [0.29, 0.717) is 24.2 Å². The second-order valence-electron chi connectivity index (χ2n) is 9.65. The SMILES string of the molecule is CCCc1cc2cc(C(=O)NCc3cccc(O)c3)ccc2n1Cc1ccc(-c2ccccc2C(=O)O)cc1. The zero-order chi connectivity index (χ0) is 27.4. The minimum Gasteiger partial charge on any atom is -0.508 e. The third kappa shape index (κ3) is 5.70. The molecule has 0 saturated heterocycles. The Morgan fingerprint density at radius 2 is 1.64 bits per heavy atom. The van der Waals surface area contributed by atoms with Gasteiger partial charge in [0.2, 0.25) is 0 Å². The zero-order valence-electron chi connectivity index (χ0n) is 21.7. The predicted octanol–water partition coefficient (Wildman–Crippen LogP) is 6.64. The van der Waals surface area contributed by atoms with Crippen molar-refractivity contribution in [3.8, 4) is 16.9 Å². The molecule has 0 spiro atoms. The number of hydrogen-bond acceptors (Lipinski definition) is 3. The summed E-state index contributed by atoms with van der Waals surface area (Å²) >= 11 is 0. The Hall–Kier alpha value is -4.84. The highest BCUT2D eigenvalue weighted by Crippen LogP contribution is 2.27. The van der Waals surface area contributed by atoms with Gasteiger partial charge in [0.25, 0.3) is 5.91 Å². The maximum Gasteiger partial charge on any atom is 0.336 e. The summed E-state index contributed by atoms with van der Waals surface area (Å²) in [6.07, 6.45) is 1.91. The van der Waals surface area contributed by atoms with Gasteiger partial charge in [-0.3, -0.25) is 4.79 Å². The van der Waals surface area contributed by atoms with Gasteiger partial charge in [-0.1, -0.05) is 67.9 Å². The molecule has 196 valence electrons. The number of fused-ring (bicyclic) bond motifs is 1. The lowest BCUT2D eigenvalue weighted by Crippen LogP contribution is -2.22. The molecular formula is C33H30N2O4. The molecule has 3 N–H and O–H groups in total. The third-order valence-electron chi connectivity index (χ3n) is 6.88. The Balaban J connectivity index is 1.38. The van der Waals surface area contributed by atoms with Gasteiger partial charge >= 0.3 is 5.97 Å². The second kappa shape index (κ2) is 11.3. The van der Waals surface area contributed by atoms with Crippen LogP contribution in [0.1, 0.15) is 50.9 Å². The first-order chi connectivity index (χ1) is 18.9. The van der Waals surface area contributed by atoms with E-state index in [1.807, 2.05) is 60.7 Å². The summed E-state index contributed by atoms with van der Waals surface area (Å²) in [5.74, 6) is -0.931. The number of hydrogen-bond donors (Lipinski definition) is 3. The molecule has 0 unspecified atom stereocenters. The quantitative estimate of drug-likeness (QED) is 0.204. The summed E-state index contributed by atoms with van der Waals surface area (Å²) < 4.78 is 2.29. The minimum atomic E-state index is -0.940. The van der Waals surface area contributed by atoms with Crippen LogP contribution in [0, 0.1) is 0 Å². The van der Waals surface area contributed by atoms with E-state index in [2.05, 4.69) is 22.9 Å². The number of aromatic hydroxyl groups is 1. The van der Waals surface area contributed by atoms with Crippen LogP contribution < -0.4 is 5.32 Å². The highest BCUT2D eigenvalue weighted by molar-refractivity contribution is 5.98. The monoisotopic (exact) mass is 518 g/mol. The molecule has 0 bridgehead atoms. The molecular weight excluding hydrogens is 488 g/mol. The lowest BCUT2D eigenvalue weighted by atomic mass is 9.99. The number of aromatic nitrogens is 1. The number of phenols is 1. The number of carbonyl (C=O) groups is 2. The molecule has 4 aromatic carbocycles. The number of aromatic carboxylic acids is 1. The van der Waals surface area contributed by atoms with Gasteiger partial charge in [0.15, 0.2) is 0 Å². The normalized spacial score (nSPS) is 11.0. The Morgan fingerprint density at radius 1 is 0.846 bits per heavy atom. The molecule has 1 heterocycles. The number of benzene rings is 4. The van der Waals surface area contributed by atoms with Crippen LogP contribution in [0.4, 0.5) is 0 Å². The van der Waals surface area contributed by atoms with Crippen LogP contribution in [0.5, 0.6) is 5.75 Å². The van der Waals surface area contributed by atoms with Gasteiger partial charge in [-0.15, -0.1) is 0 Å². The molecule has 0 aliphatic carbocycles. The van der Waals surface area contributed by atoms with E-state index in [4.69, 9.17) is 0 Å². The van der Waals surface area contributed by atoms with Crippen LogP contribution >= 0.6 is 0 Å². The summed E-state index contributed by atoms with van der Waals surface area (Å²) in [6, 6.07) is 29.8. The molecule has 0 atom stereocenters. The first-order valence-corrected chi connectivity index (χ1v) is 13.0. The molecule has 5 aromatic rings. The van der Waals surface area contributed by atoms with Crippen LogP contribution in [-0.2, 0) is 19.5 Å². The number of carboxylic acid groups (broad SMARTS) is 1. The van der Waals surface area contributed by atoms with Gasteiger partial charge in [-0.2, -0.15) is 0 Å². The zero-order valence-corrected chi connectivity index (χ0v) is 21.7. The molecule has 0 aliphatic rings. The third-order valence-corrected chi connectivity index (χ3v) is 6.88. The van der Waals surface area contributed by atoms with Crippen molar-refractivity contribution in [2.75, 3.05) is 0 Å². The van der Waals surface area contributed by atoms with Crippen LogP contribution in [0.2, 0.25) is 0 Å². The van der Waals surface area contributed by atoms with Crippen LogP contribution in [0.3, 0.4) is 0 Å². The highest BCUT2D eigenvalue weighted by Gasteiger charge is 2.14. The number of carboxylic acids is 1. The van der Waals surface area contributed by atoms with Crippen molar-refractivity contribution in [1.29, 1.82) is 0 Å². The Labute approximate surface area is 227 Å². The van der Waals surface area contributed by atoms with E-state index in [1.54, 1.807) is 30.3 Å². The highest BCUT2D eigenvalue weighted by atomic mass is 16.4. The lowest BCUT2D eigenvalue weighted by molar-refractivity contribution is 0.0697. The van der Waals surface area contributed by atoms with E-state index in [9.17, 15) is 19.8 Å². The van der Waals surface area contributed by atoms with Gasteiger partial charge in [0.1, 0.15) is 5.75 Å².